The molecule has 0 aliphatic heterocycles. The second-order valence-corrected chi connectivity index (χ2v) is 4.37. The van der Waals surface area contributed by atoms with Crippen molar-refractivity contribution >= 4 is 5.82 Å². The first kappa shape index (κ1) is 12.7. The summed E-state index contributed by atoms with van der Waals surface area (Å²) in [6, 6.07) is 3.71. The number of nitrogens with one attached hydrogen (secondary N) is 1. The Morgan fingerprint density at radius 3 is 2.94 bits per heavy atom. The minimum atomic E-state index is -2.99. The van der Waals surface area contributed by atoms with Crippen LogP contribution in [0, 0.1) is 11.3 Å². The summed E-state index contributed by atoms with van der Waals surface area (Å²) in [5.41, 5.74) is 7.20. The second-order valence-electron chi connectivity index (χ2n) is 4.37. The zero-order valence-corrected chi connectivity index (χ0v) is 9.84. The van der Waals surface area contributed by atoms with Gasteiger partial charge in [-0.1, -0.05) is 0 Å². The van der Waals surface area contributed by atoms with Crippen LogP contribution in [-0.4, -0.2) is 24.0 Å². The number of alkyl halides is 2. The number of aromatic nitrogens is 1. The molecule has 0 atom stereocenters. The largest absolute Gasteiger partial charge is 0.363 e. The highest BCUT2D eigenvalue weighted by Crippen LogP contribution is 2.25. The normalized spacial score (nSPS) is 14.1. The Balaban J connectivity index is 2.20. The van der Waals surface area contributed by atoms with E-state index in [1.165, 1.54) is 0 Å². The summed E-state index contributed by atoms with van der Waals surface area (Å²) in [6.07, 6.45) is 2.73. The van der Waals surface area contributed by atoms with Crippen LogP contribution in [0.1, 0.15) is 23.2 Å². The molecule has 0 amide bonds. The maximum absolute atomic E-state index is 13.1. The number of hydrogen-bond donors (Lipinski definition) is 2. The standard InChI is InChI=1S/C12H14F2N4/c13-12(14,6-16)7-17-11-9(5-15)4-8-2-1-3-10(8)18-11/h4H,1-3,6-7,16H2,(H,17,18). The Kier molecular flexibility index (Phi) is 3.43. The number of nitriles is 1. The van der Waals surface area contributed by atoms with Crippen LogP contribution < -0.4 is 11.1 Å². The molecule has 1 aromatic heterocycles. The highest BCUT2D eigenvalue weighted by atomic mass is 19.3. The fraction of sp³-hybridized carbons (Fsp3) is 0.500. The summed E-state index contributed by atoms with van der Waals surface area (Å²) in [6.45, 7) is -1.34. The summed E-state index contributed by atoms with van der Waals surface area (Å²) < 4.78 is 26.1. The van der Waals surface area contributed by atoms with E-state index in [-0.39, 0.29) is 5.82 Å². The van der Waals surface area contributed by atoms with Crippen molar-refractivity contribution in [2.75, 3.05) is 18.4 Å². The molecule has 1 aliphatic carbocycles. The molecule has 2 rings (SSSR count). The van der Waals surface area contributed by atoms with E-state index in [9.17, 15) is 8.78 Å². The smallest absolute Gasteiger partial charge is 0.276 e. The number of anilines is 1. The molecule has 0 bridgehead atoms. The lowest BCUT2D eigenvalue weighted by atomic mass is 10.1. The number of nitrogens with zero attached hydrogens (tertiary/aromatic N) is 2. The number of aryl methyl sites for hydroxylation is 2. The van der Waals surface area contributed by atoms with E-state index in [1.807, 2.05) is 6.07 Å². The van der Waals surface area contributed by atoms with Crippen LogP contribution in [0.4, 0.5) is 14.6 Å². The fourth-order valence-corrected chi connectivity index (χ4v) is 1.98. The average Bonchev–Trinajstić information content (AvgIpc) is 2.82. The van der Waals surface area contributed by atoms with Crippen LogP contribution in [0.3, 0.4) is 0 Å². The van der Waals surface area contributed by atoms with Crippen LogP contribution in [-0.2, 0) is 12.8 Å². The Bertz CT molecular complexity index is 494. The van der Waals surface area contributed by atoms with Gasteiger partial charge in [-0.2, -0.15) is 5.26 Å². The predicted octanol–water partition coefficient (Wildman–Crippen LogP) is 1.45. The van der Waals surface area contributed by atoms with Gasteiger partial charge in [-0.15, -0.1) is 0 Å². The Morgan fingerprint density at radius 1 is 1.50 bits per heavy atom. The van der Waals surface area contributed by atoms with E-state index in [2.05, 4.69) is 10.3 Å². The van der Waals surface area contributed by atoms with Gasteiger partial charge in [0.15, 0.2) is 0 Å². The average molecular weight is 252 g/mol. The minimum absolute atomic E-state index is 0.228. The molecule has 1 aromatic rings. The summed E-state index contributed by atoms with van der Waals surface area (Å²) in [7, 11) is 0. The lowest BCUT2D eigenvalue weighted by molar-refractivity contribution is 0.0253. The first-order valence-electron chi connectivity index (χ1n) is 5.80. The highest BCUT2D eigenvalue weighted by molar-refractivity contribution is 5.55. The molecule has 3 N–H and O–H groups in total. The molecule has 0 saturated heterocycles. The molecule has 6 heteroatoms. The van der Waals surface area contributed by atoms with E-state index < -0.39 is 19.0 Å². The molecule has 4 nitrogen and oxygen atoms in total. The van der Waals surface area contributed by atoms with Gasteiger partial charge in [0.2, 0.25) is 0 Å². The van der Waals surface area contributed by atoms with Gasteiger partial charge in [-0.3, -0.25) is 0 Å². The molecular formula is C12H14F2N4. The first-order chi connectivity index (χ1) is 8.55. The van der Waals surface area contributed by atoms with Crippen molar-refractivity contribution in [1.82, 2.24) is 4.98 Å². The van der Waals surface area contributed by atoms with Crippen LogP contribution in [0.2, 0.25) is 0 Å². The molecule has 0 radical (unpaired) electrons. The SMILES string of the molecule is N#Cc1cc2c(nc1NCC(F)(F)CN)CCC2. The number of hydrogen-bond acceptors (Lipinski definition) is 4. The molecule has 0 fully saturated rings. The summed E-state index contributed by atoms with van der Waals surface area (Å²) in [5, 5.41) is 11.5. The number of fused-ring (bicyclic) bond motifs is 1. The first-order valence-corrected chi connectivity index (χ1v) is 5.80. The summed E-state index contributed by atoms with van der Waals surface area (Å²) >= 11 is 0. The van der Waals surface area contributed by atoms with Gasteiger partial charge in [0.25, 0.3) is 5.92 Å². The van der Waals surface area contributed by atoms with Crippen LogP contribution in [0.5, 0.6) is 0 Å². The molecular weight excluding hydrogens is 238 g/mol. The van der Waals surface area contributed by atoms with E-state index in [1.54, 1.807) is 6.07 Å². The zero-order valence-electron chi connectivity index (χ0n) is 9.84. The predicted molar refractivity (Wildman–Crippen MR) is 63.5 cm³/mol. The Morgan fingerprint density at radius 2 is 2.28 bits per heavy atom. The van der Waals surface area contributed by atoms with Crippen molar-refractivity contribution < 1.29 is 8.78 Å². The van der Waals surface area contributed by atoms with Crippen molar-refractivity contribution in [3.8, 4) is 6.07 Å². The lowest BCUT2D eigenvalue weighted by Gasteiger charge is -2.16. The van der Waals surface area contributed by atoms with Gasteiger partial charge in [0.05, 0.1) is 18.7 Å². The third kappa shape index (κ3) is 2.57. The van der Waals surface area contributed by atoms with Crippen molar-refractivity contribution in [3.05, 3.63) is 22.9 Å². The van der Waals surface area contributed by atoms with Gasteiger partial charge >= 0.3 is 0 Å². The third-order valence-corrected chi connectivity index (χ3v) is 2.98. The summed E-state index contributed by atoms with van der Waals surface area (Å²) in [5.74, 6) is -2.76. The highest BCUT2D eigenvalue weighted by Gasteiger charge is 2.27. The minimum Gasteiger partial charge on any atom is -0.363 e. The quantitative estimate of drug-likeness (QED) is 0.850. The van der Waals surface area contributed by atoms with Crippen molar-refractivity contribution in [2.24, 2.45) is 5.73 Å². The monoisotopic (exact) mass is 252 g/mol. The maximum atomic E-state index is 13.1. The van der Waals surface area contributed by atoms with Crippen molar-refractivity contribution in [3.63, 3.8) is 0 Å². The van der Waals surface area contributed by atoms with Gasteiger partial charge in [-0.25, -0.2) is 13.8 Å². The summed E-state index contributed by atoms with van der Waals surface area (Å²) in [4.78, 5) is 4.25. The molecule has 0 aromatic carbocycles. The van der Waals surface area contributed by atoms with Gasteiger partial charge in [-0.05, 0) is 30.9 Å². The van der Waals surface area contributed by atoms with E-state index >= 15 is 0 Å². The van der Waals surface area contributed by atoms with Gasteiger partial charge < -0.3 is 11.1 Å². The van der Waals surface area contributed by atoms with E-state index in [4.69, 9.17) is 11.0 Å². The Hall–Kier alpha value is -1.74. The van der Waals surface area contributed by atoms with Crippen molar-refractivity contribution in [1.29, 1.82) is 5.26 Å². The number of halogens is 2. The molecule has 18 heavy (non-hydrogen) atoms. The third-order valence-electron chi connectivity index (χ3n) is 2.98. The number of pyridine rings is 1. The number of nitrogens with two attached hydrogens (primary N) is 1. The van der Waals surface area contributed by atoms with Crippen LogP contribution in [0.25, 0.3) is 0 Å². The molecule has 0 unspecified atom stereocenters. The topological polar surface area (TPSA) is 74.7 Å². The lowest BCUT2D eigenvalue weighted by Crippen LogP contribution is -2.35. The van der Waals surface area contributed by atoms with E-state index in [0.717, 1.165) is 30.5 Å². The van der Waals surface area contributed by atoms with Crippen LogP contribution in [0.15, 0.2) is 6.07 Å². The Labute approximate surface area is 104 Å². The van der Waals surface area contributed by atoms with Gasteiger partial charge in [0, 0.05) is 5.69 Å². The molecule has 96 valence electrons. The zero-order chi connectivity index (χ0) is 13.2. The van der Waals surface area contributed by atoms with Crippen molar-refractivity contribution in [2.45, 2.75) is 25.2 Å². The molecule has 0 saturated carbocycles. The van der Waals surface area contributed by atoms with E-state index in [0.29, 0.717) is 5.56 Å². The van der Waals surface area contributed by atoms with Gasteiger partial charge in [0.1, 0.15) is 11.9 Å². The van der Waals surface area contributed by atoms with Crippen LogP contribution >= 0.6 is 0 Å². The fourth-order valence-electron chi connectivity index (χ4n) is 1.98. The molecule has 0 spiro atoms. The maximum Gasteiger partial charge on any atom is 0.276 e. The number of rotatable bonds is 4. The molecule has 1 aliphatic rings. The second kappa shape index (κ2) is 4.86. The molecule has 1 heterocycles.